The van der Waals surface area contributed by atoms with Gasteiger partial charge in [0.2, 0.25) is 10.0 Å². The van der Waals surface area contributed by atoms with E-state index in [1.165, 1.54) is 28.6 Å². The zero-order valence-electron chi connectivity index (χ0n) is 15.0. The Bertz CT molecular complexity index is 908. The summed E-state index contributed by atoms with van der Waals surface area (Å²) in [5.74, 6) is -0.463. The van der Waals surface area contributed by atoms with E-state index >= 15 is 0 Å². The Morgan fingerprint density at radius 2 is 1.67 bits per heavy atom. The first-order valence-corrected chi connectivity index (χ1v) is 10.5. The first-order valence-electron chi connectivity index (χ1n) is 8.70. The van der Waals surface area contributed by atoms with Gasteiger partial charge in [-0.1, -0.05) is 23.7 Å². The van der Waals surface area contributed by atoms with Gasteiger partial charge in [-0.15, -0.1) is 0 Å². The quantitative estimate of drug-likeness (QED) is 0.711. The highest BCUT2D eigenvalue weighted by Crippen LogP contribution is 2.27. The van der Waals surface area contributed by atoms with E-state index in [0.717, 1.165) is 5.69 Å². The van der Waals surface area contributed by atoms with Crippen molar-refractivity contribution < 1.29 is 17.9 Å². The summed E-state index contributed by atoms with van der Waals surface area (Å²) in [5, 5.41) is 0.656. The first kappa shape index (κ1) is 19.7. The molecule has 1 fully saturated rings. The summed E-state index contributed by atoms with van der Waals surface area (Å²) in [6.07, 6.45) is 0. The molecule has 0 atom stereocenters. The van der Waals surface area contributed by atoms with E-state index in [2.05, 4.69) is 4.90 Å². The van der Waals surface area contributed by atoms with Gasteiger partial charge in [0, 0.05) is 26.2 Å². The maximum Gasteiger partial charge on any atom is 0.338 e. The summed E-state index contributed by atoms with van der Waals surface area (Å²) in [6, 6.07) is 13.4. The molecular weight excluding hydrogens is 388 g/mol. The number of ether oxygens (including phenoxy) is 1. The van der Waals surface area contributed by atoms with Crippen molar-refractivity contribution in [2.45, 2.75) is 11.8 Å². The normalized spacial score (nSPS) is 15.6. The van der Waals surface area contributed by atoms with Crippen molar-refractivity contribution in [2.75, 3.05) is 37.7 Å². The van der Waals surface area contributed by atoms with Crippen LogP contribution in [0.25, 0.3) is 0 Å². The Balaban J connectivity index is 1.70. The SMILES string of the molecule is CCOC(=O)c1ccc(S(=O)(=O)N2CCN(c3ccccc3Cl)CC2)cc1. The number of hydrogen-bond donors (Lipinski definition) is 0. The summed E-state index contributed by atoms with van der Waals surface area (Å²) in [7, 11) is -3.61. The van der Waals surface area contributed by atoms with Crippen LogP contribution in [0.1, 0.15) is 17.3 Å². The fraction of sp³-hybridized carbons (Fsp3) is 0.316. The summed E-state index contributed by atoms with van der Waals surface area (Å²) in [6.45, 7) is 3.85. The van der Waals surface area contributed by atoms with E-state index in [0.29, 0.717) is 36.8 Å². The van der Waals surface area contributed by atoms with Crippen LogP contribution in [-0.2, 0) is 14.8 Å². The molecule has 0 N–H and O–H groups in total. The number of carbonyl (C=O) groups is 1. The monoisotopic (exact) mass is 408 g/mol. The molecule has 0 bridgehead atoms. The molecule has 0 saturated carbocycles. The van der Waals surface area contributed by atoms with Crippen molar-refractivity contribution in [1.29, 1.82) is 0 Å². The number of rotatable bonds is 5. The number of esters is 1. The molecule has 3 rings (SSSR count). The van der Waals surface area contributed by atoms with Gasteiger partial charge >= 0.3 is 5.97 Å². The number of anilines is 1. The molecule has 27 heavy (non-hydrogen) atoms. The van der Waals surface area contributed by atoms with Gasteiger partial charge in [0.1, 0.15) is 0 Å². The fourth-order valence-corrected chi connectivity index (χ4v) is 4.68. The summed E-state index contributed by atoms with van der Waals surface area (Å²) < 4.78 is 32.1. The van der Waals surface area contributed by atoms with Crippen LogP contribution in [0.3, 0.4) is 0 Å². The van der Waals surface area contributed by atoms with Crippen molar-refractivity contribution in [1.82, 2.24) is 4.31 Å². The minimum Gasteiger partial charge on any atom is -0.462 e. The number of piperazine rings is 1. The molecule has 1 saturated heterocycles. The first-order chi connectivity index (χ1) is 12.9. The van der Waals surface area contributed by atoms with Crippen molar-refractivity contribution in [3.8, 4) is 0 Å². The van der Waals surface area contributed by atoms with E-state index in [9.17, 15) is 13.2 Å². The highest BCUT2D eigenvalue weighted by molar-refractivity contribution is 7.89. The average molecular weight is 409 g/mol. The van der Waals surface area contributed by atoms with Crippen molar-refractivity contribution in [2.24, 2.45) is 0 Å². The minimum absolute atomic E-state index is 0.168. The van der Waals surface area contributed by atoms with Crippen LogP contribution < -0.4 is 4.90 Å². The molecule has 1 aliphatic rings. The van der Waals surface area contributed by atoms with E-state index in [4.69, 9.17) is 16.3 Å². The predicted molar refractivity (Wildman–Crippen MR) is 105 cm³/mol. The standard InChI is InChI=1S/C19H21ClN2O4S/c1-2-26-19(23)15-7-9-16(10-8-15)27(24,25)22-13-11-21(12-14-22)18-6-4-3-5-17(18)20/h3-10H,2,11-14H2,1H3. The number of hydrogen-bond acceptors (Lipinski definition) is 5. The van der Waals surface area contributed by atoms with Crippen LogP contribution >= 0.6 is 11.6 Å². The molecule has 0 radical (unpaired) electrons. The van der Waals surface area contributed by atoms with Gasteiger partial charge in [0.15, 0.2) is 0 Å². The molecule has 2 aromatic rings. The lowest BCUT2D eigenvalue weighted by Crippen LogP contribution is -2.48. The molecule has 0 aliphatic carbocycles. The number of halogens is 1. The Morgan fingerprint density at radius 3 is 2.26 bits per heavy atom. The molecule has 0 aromatic heterocycles. The molecule has 2 aromatic carbocycles. The number of benzene rings is 2. The lowest BCUT2D eigenvalue weighted by molar-refractivity contribution is 0.0526. The van der Waals surface area contributed by atoms with Crippen molar-refractivity contribution >= 4 is 33.3 Å². The van der Waals surface area contributed by atoms with Crippen LogP contribution in [0.5, 0.6) is 0 Å². The second-order valence-electron chi connectivity index (χ2n) is 6.09. The highest BCUT2D eigenvalue weighted by atomic mass is 35.5. The molecule has 1 heterocycles. The Labute approximate surface area is 164 Å². The number of sulfonamides is 1. The van der Waals surface area contributed by atoms with E-state index in [1.54, 1.807) is 6.92 Å². The summed E-state index contributed by atoms with van der Waals surface area (Å²) in [5.41, 5.74) is 1.24. The average Bonchev–Trinajstić information content (AvgIpc) is 2.69. The van der Waals surface area contributed by atoms with Crippen LogP contribution in [0, 0.1) is 0 Å². The van der Waals surface area contributed by atoms with Gasteiger partial charge in [-0.2, -0.15) is 4.31 Å². The maximum absolute atomic E-state index is 12.9. The summed E-state index contributed by atoms with van der Waals surface area (Å²) in [4.78, 5) is 14.0. The second kappa shape index (κ2) is 8.29. The van der Waals surface area contributed by atoms with Crippen molar-refractivity contribution in [3.05, 3.63) is 59.1 Å². The largest absolute Gasteiger partial charge is 0.462 e. The maximum atomic E-state index is 12.9. The predicted octanol–water partition coefficient (Wildman–Crippen LogP) is 3.03. The van der Waals surface area contributed by atoms with E-state index in [1.807, 2.05) is 24.3 Å². The van der Waals surface area contributed by atoms with Crippen LogP contribution in [0.15, 0.2) is 53.4 Å². The topological polar surface area (TPSA) is 66.9 Å². The lowest BCUT2D eigenvalue weighted by Gasteiger charge is -2.35. The van der Waals surface area contributed by atoms with Crippen LogP contribution in [0.2, 0.25) is 5.02 Å². The Morgan fingerprint density at radius 1 is 1.04 bits per heavy atom. The van der Waals surface area contributed by atoms with Gasteiger partial charge < -0.3 is 9.64 Å². The Kier molecular flexibility index (Phi) is 6.04. The van der Waals surface area contributed by atoms with Gasteiger partial charge in [0.05, 0.1) is 27.8 Å². The Hall–Kier alpha value is -2.09. The van der Waals surface area contributed by atoms with Gasteiger partial charge in [0.25, 0.3) is 0 Å². The molecular formula is C19H21ClN2O4S. The minimum atomic E-state index is -3.61. The zero-order chi connectivity index (χ0) is 19.4. The second-order valence-corrected chi connectivity index (χ2v) is 8.43. The summed E-state index contributed by atoms with van der Waals surface area (Å²) >= 11 is 6.23. The lowest BCUT2D eigenvalue weighted by atomic mass is 10.2. The third kappa shape index (κ3) is 4.26. The van der Waals surface area contributed by atoms with Gasteiger partial charge in [-0.3, -0.25) is 0 Å². The van der Waals surface area contributed by atoms with Crippen molar-refractivity contribution in [3.63, 3.8) is 0 Å². The smallest absolute Gasteiger partial charge is 0.338 e. The number of para-hydroxylation sites is 1. The van der Waals surface area contributed by atoms with Crippen LogP contribution in [-0.4, -0.2) is 51.5 Å². The molecule has 0 amide bonds. The van der Waals surface area contributed by atoms with Gasteiger partial charge in [-0.05, 0) is 43.3 Å². The van der Waals surface area contributed by atoms with Crippen LogP contribution in [0.4, 0.5) is 5.69 Å². The molecule has 1 aliphatic heterocycles. The fourth-order valence-electron chi connectivity index (χ4n) is 3.00. The molecule has 8 heteroatoms. The third-order valence-electron chi connectivity index (χ3n) is 4.44. The highest BCUT2D eigenvalue weighted by Gasteiger charge is 2.29. The van der Waals surface area contributed by atoms with E-state index < -0.39 is 16.0 Å². The molecule has 0 spiro atoms. The number of nitrogens with zero attached hydrogens (tertiary/aromatic N) is 2. The zero-order valence-corrected chi connectivity index (χ0v) is 16.5. The third-order valence-corrected chi connectivity index (χ3v) is 6.67. The van der Waals surface area contributed by atoms with Gasteiger partial charge in [-0.25, -0.2) is 13.2 Å². The number of carbonyl (C=O) groups excluding carboxylic acids is 1. The molecule has 144 valence electrons. The van der Waals surface area contributed by atoms with E-state index in [-0.39, 0.29) is 11.5 Å². The molecule has 6 nitrogen and oxygen atoms in total. The molecule has 0 unspecified atom stereocenters.